The summed E-state index contributed by atoms with van der Waals surface area (Å²) in [7, 11) is 0. The van der Waals surface area contributed by atoms with E-state index in [9.17, 15) is 0 Å². The summed E-state index contributed by atoms with van der Waals surface area (Å²) in [6.07, 6.45) is 2.56. The summed E-state index contributed by atoms with van der Waals surface area (Å²) in [6.45, 7) is 0. The van der Waals surface area contributed by atoms with Gasteiger partial charge in [-0.15, -0.1) is 12.0 Å². The molecule has 11 heavy (non-hydrogen) atoms. The van der Waals surface area contributed by atoms with Crippen LogP contribution in [0.15, 0.2) is 9.98 Å². The first-order valence-corrected chi connectivity index (χ1v) is 1.79. The van der Waals surface area contributed by atoms with Gasteiger partial charge in [-0.05, 0) is 0 Å². The van der Waals surface area contributed by atoms with Gasteiger partial charge in [0, 0.05) is 0 Å². The van der Waals surface area contributed by atoms with Crippen molar-refractivity contribution in [1.82, 2.24) is 0 Å². The Morgan fingerprint density at radius 3 is 1.18 bits per heavy atom. The molecule has 48 valence electrons. The van der Waals surface area contributed by atoms with Crippen LogP contribution in [0.4, 0.5) is 0 Å². The largest absolute Gasteiger partial charge is 2.00 e. The van der Waals surface area contributed by atoms with E-state index < -0.39 is 0 Å². The van der Waals surface area contributed by atoms with Crippen molar-refractivity contribution in [3.05, 3.63) is 10.8 Å². The van der Waals surface area contributed by atoms with Crippen molar-refractivity contribution in [1.29, 1.82) is 10.5 Å². The zero-order chi connectivity index (χ0) is 8.24. The molecule has 6 nitrogen and oxygen atoms in total. The van der Waals surface area contributed by atoms with Crippen molar-refractivity contribution in [2.24, 2.45) is 9.98 Å². The Kier molecular flexibility index (Phi) is 34.6. The number of aliphatic imine (C=N–C) groups is 2. The third kappa shape index (κ3) is 49.0. The summed E-state index contributed by atoms with van der Waals surface area (Å²) < 4.78 is 0. The Bertz CT molecular complexity index is 217. The summed E-state index contributed by atoms with van der Waals surface area (Å²) >= 11 is 0. The van der Waals surface area contributed by atoms with Crippen LogP contribution in [-0.4, -0.2) is 49.8 Å². The predicted molar refractivity (Wildman–Crippen MR) is 38.6 cm³/mol. The van der Waals surface area contributed by atoms with Crippen LogP contribution in [-0.2, 0) is 0 Å². The fourth-order valence-corrected chi connectivity index (χ4v) is 0.0447. The zero-order valence-corrected chi connectivity index (χ0v) is 7.60. The van der Waals surface area contributed by atoms with Gasteiger partial charge in [0.05, 0.1) is 12.4 Å². The summed E-state index contributed by atoms with van der Waals surface area (Å²) in [5.74, 6) is 0. The predicted octanol–water partition coefficient (Wildman–Crippen LogP) is 0.0408. The smallest absolute Gasteiger partial charge is 0.422 e. The fourth-order valence-electron chi connectivity index (χ4n) is 0.0447. The van der Waals surface area contributed by atoms with Crippen molar-refractivity contribution in [3.8, 4) is 12.4 Å². The number of hydrogen-bond donors (Lipinski definition) is 0. The molecule has 0 fully saturated rings. The zero-order valence-electron chi connectivity index (χ0n) is 5.39. The minimum atomic E-state index is 0. The van der Waals surface area contributed by atoms with Gasteiger partial charge in [0.25, 0.3) is 0 Å². The van der Waals surface area contributed by atoms with E-state index >= 15 is 0 Å². The van der Waals surface area contributed by atoms with Gasteiger partial charge >= 0.3 is 37.7 Å². The second kappa shape index (κ2) is 23.0. The van der Waals surface area contributed by atoms with Crippen LogP contribution in [0.5, 0.6) is 0 Å². The number of nitriles is 2. The first-order chi connectivity index (χ1) is 4.83. The quantitative estimate of drug-likeness (QED) is 0.291. The molecule has 0 unspecified atom stereocenters. The monoisotopic (exact) mass is 172 g/mol. The van der Waals surface area contributed by atoms with Crippen LogP contribution in [0.3, 0.4) is 0 Å². The van der Waals surface area contributed by atoms with E-state index in [1.807, 2.05) is 0 Å². The molecule has 0 aromatic carbocycles. The fraction of sp³-hybridized carbons (Fsp3) is 0. The van der Waals surface area contributed by atoms with Gasteiger partial charge in [-0.3, -0.25) is 0 Å². The maximum absolute atomic E-state index is 7.43. The number of nitrogens with zero attached hydrogens (tertiary/aromatic N) is 6. The van der Waals surface area contributed by atoms with E-state index in [-0.39, 0.29) is 37.7 Å². The van der Waals surface area contributed by atoms with Crippen LogP contribution in [0.1, 0.15) is 0 Å². The molecule has 0 atom stereocenters. The Morgan fingerprint density at radius 2 is 1.18 bits per heavy atom. The second-order valence-corrected chi connectivity index (χ2v) is 0.624. The van der Waals surface area contributed by atoms with E-state index in [0.717, 1.165) is 0 Å². The molecule has 0 aromatic rings. The van der Waals surface area contributed by atoms with Gasteiger partial charge < -0.3 is 20.8 Å². The maximum Gasteiger partial charge on any atom is 2.00 e. The third-order valence-electron chi connectivity index (χ3n) is 0.200. The third-order valence-corrected chi connectivity index (χ3v) is 0.200. The summed E-state index contributed by atoms with van der Waals surface area (Å²) in [4.78, 5) is 5.17. The molecule has 0 rings (SSSR count). The average Bonchev–Trinajstić information content (AvgIpc) is 1.93. The molecule has 0 spiro atoms. The second-order valence-electron chi connectivity index (χ2n) is 0.624. The molecule has 0 aliphatic rings. The van der Waals surface area contributed by atoms with Gasteiger partial charge in [-0.2, -0.15) is 10.5 Å². The van der Waals surface area contributed by atoms with Gasteiger partial charge in [0.15, 0.2) is 0 Å². The minimum Gasteiger partial charge on any atom is -0.422 e. The standard InChI is InChI=1S/2C2N3.Ca/c2*3-1-5-2-4;/q2*-1;+2. The van der Waals surface area contributed by atoms with Crippen LogP contribution in [0.2, 0.25) is 0 Å². The Labute approximate surface area is 92.9 Å². The van der Waals surface area contributed by atoms with Gasteiger partial charge in [0.2, 0.25) is 0 Å². The van der Waals surface area contributed by atoms with E-state index in [1.165, 1.54) is 24.4 Å². The Balaban J connectivity index is -0.000000107. The van der Waals surface area contributed by atoms with E-state index in [1.54, 1.807) is 0 Å². The van der Waals surface area contributed by atoms with Crippen molar-refractivity contribution in [2.45, 2.75) is 0 Å². The molecule has 0 amide bonds. The molecule has 0 radical (unpaired) electrons. The van der Waals surface area contributed by atoms with Gasteiger partial charge in [0.1, 0.15) is 0 Å². The van der Waals surface area contributed by atoms with Crippen LogP contribution >= 0.6 is 0 Å². The summed E-state index contributed by atoms with van der Waals surface area (Å²) in [6, 6.07) is 2.56. The van der Waals surface area contributed by atoms with Crippen molar-refractivity contribution >= 4 is 49.8 Å². The van der Waals surface area contributed by atoms with Crippen LogP contribution in [0.25, 0.3) is 10.8 Å². The summed E-state index contributed by atoms with van der Waals surface area (Å²) in [5.41, 5.74) is 0. The van der Waals surface area contributed by atoms with Gasteiger partial charge in [-0.25, -0.2) is 0 Å². The van der Waals surface area contributed by atoms with Gasteiger partial charge in [-0.1, -0.05) is 0 Å². The van der Waals surface area contributed by atoms with Crippen LogP contribution in [0, 0.1) is 22.9 Å². The molecular weight excluding hydrogens is 172 g/mol. The summed E-state index contributed by atoms with van der Waals surface area (Å²) in [5, 5.41) is 29.7. The molecule has 0 aliphatic carbocycles. The van der Waals surface area contributed by atoms with Crippen molar-refractivity contribution in [2.75, 3.05) is 0 Å². The SMILES string of the molecule is N#CN=C=[N-].N#CN=C=[N-].[Ca+2]. The average molecular weight is 172 g/mol. The number of hydrogen-bond acceptors (Lipinski definition) is 4. The minimum absolute atomic E-state index is 0. The first kappa shape index (κ1) is 16.5. The molecule has 0 saturated heterocycles. The molecule has 0 bridgehead atoms. The Hall–Kier alpha value is -1.00. The normalized spacial score (nSPS) is 3.45. The molecule has 0 aromatic heterocycles. The topological polar surface area (TPSA) is 117 Å². The Morgan fingerprint density at radius 1 is 0.909 bits per heavy atom. The maximum atomic E-state index is 7.43. The molecule has 0 heterocycles. The molecular formula is C4CaN6. The number of rotatable bonds is 0. The van der Waals surface area contributed by atoms with E-state index in [2.05, 4.69) is 9.98 Å². The molecule has 0 saturated carbocycles. The van der Waals surface area contributed by atoms with Crippen LogP contribution < -0.4 is 0 Å². The first-order valence-electron chi connectivity index (χ1n) is 1.79. The van der Waals surface area contributed by atoms with Crippen molar-refractivity contribution < 1.29 is 0 Å². The van der Waals surface area contributed by atoms with E-state index in [0.29, 0.717) is 0 Å². The van der Waals surface area contributed by atoms with Crippen molar-refractivity contribution in [3.63, 3.8) is 0 Å². The molecule has 0 aliphatic heterocycles. The molecule has 0 N–H and O–H groups in total. The molecule has 7 heteroatoms. The van der Waals surface area contributed by atoms with E-state index in [4.69, 9.17) is 21.3 Å².